The quantitative estimate of drug-likeness (QED) is 0.0337. The summed E-state index contributed by atoms with van der Waals surface area (Å²) in [6.45, 7) is 1.64. The maximum absolute atomic E-state index is 13.9. The van der Waals surface area contributed by atoms with Gasteiger partial charge in [0.2, 0.25) is 0 Å². The summed E-state index contributed by atoms with van der Waals surface area (Å²) >= 11 is 0. The van der Waals surface area contributed by atoms with Crippen LogP contribution in [0.3, 0.4) is 0 Å². The molecule has 0 unspecified atom stereocenters. The Labute approximate surface area is 856 Å². The summed E-state index contributed by atoms with van der Waals surface area (Å²) in [5.74, 6) is 0. The lowest BCUT2D eigenvalue weighted by molar-refractivity contribution is -0.412. The number of ether oxygens (including phenoxy) is 21. The molecule has 4 heterocycles. The minimum Gasteiger partial charge on any atom is -0.445 e. The Hall–Kier alpha value is -11.7. The van der Waals surface area contributed by atoms with Gasteiger partial charge in [0.05, 0.1) is 106 Å². The van der Waals surface area contributed by atoms with E-state index in [1.54, 1.807) is 0 Å². The van der Waals surface area contributed by atoms with E-state index in [-0.39, 0.29) is 119 Å². The van der Waals surface area contributed by atoms with Gasteiger partial charge in [-0.3, -0.25) is 0 Å². The summed E-state index contributed by atoms with van der Waals surface area (Å²) < 4.78 is 155. The van der Waals surface area contributed by atoms with Crippen LogP contribution in [0, 0.1) is 0 Å². The van der Waals surface area contributed by atoms with Crippen molar-refractivity contribution in [3.8, 4) is 0 Å². The van der Waals surface area contributed by atoms with E-state index in [1.165, 1.54) is 0 Å². The molecule has 4 fully saturated rings. The lowest BCUT2D eigenvalue weighted by Gasteiger charge is -2.52. The van der Waals surface area contributed by atoms with Gasteiger partial charge in [-0.15, -0.1) is 0 Å². The minimum atomic E-state index is -1.64. The number of benzene rings is 13. The van der Waals surface area contributed by atoms with Gasteiger partial charge in [0, 0.05) is 13.2 Å². The number of amides is 1. The van der Waals surface area contributed by atoms with Crippen molar-refractivity contribution in [3.05, 3.63) is 467 Å². The normalized spacial score (nSPS) is 24.1. The van der Waals surface area contributed by atoms with Crippen molar-refractivity contribution >= 4 is 6.09 Å². The molecule has 4 aliphatic rings. The van der Waals surface area contributed by atoms with Crippen LogP contribution >= 0.6 is 0 Å². The summed E-state index contributed by atoms with van der Waals surface area (Å²) in [7, 11) is 0. The Bertz CT molecular complexity index is 5730. The average Bonchev–Trinajstić information content (AvgIpc) is 0.753. The van der Waals surface area contributed by atoms with Crippen molar-refractivity contribution in [2.45, 2.75) is 234 Å². The Balaban J connectivity index is 0.812. The van der Waals surface area contributed by atoms with Crippen LogP contribution in [0.1, 0.15) is 98.0 Å². The molecule has 0 aliphatic carbocycles. The van der Waals surface area contributed by atoms with Gasteiger partial charge in [0.15, 0.2) is 25.2 Å². The molecule has 0 saturated carbocycles. The number of aliphatic hydroxyl groups is 1. The third-order valence-corrected chi connectivity index (χ3v) is 26.0. The van der Waals surface area contributed by atoms with Crippen LogP contribution in [-0.2, 0) is 185 Å². The number of carbonyl (C=O) groups excluding carboxylic acids is 1. The predicted molar refractivity (Wildman–Crippen MR) is 549 cm³/mol. The van der Waals surface area contributed by atoms with Gasteiger partial charge < -0.3 is 110 Å². The largest absolute Gasteiger partial charge is 0.445 e. The van der Waals surface area contributed by atoms with Crippen molar-refractivity contribution in [2.75, 3.05) is 39.6 Å². The summed E-state index contributed by atoms with van der Waals surface area (Å²) in [6, 6.07) is 128. The average molecular weight is 1980 g/mol. The molecular weight excluding hydrogens is 1850 g/mol. The number of nitrogens with one attached hydrogen (secondary N) is 1. The first-order valence-corrected chi connectivity index (χ1v) is 50.8. The van der Waals surface area contributed by atoms with Crippen LogP contribution in [0.15, 0.2) is 394 Å². The molecule has 0 spiro atoms. The first-order valence-electron chi connectivity index (χ1n) is 50.8. The second-order valence-corrected chi connectivity index (χ2v) is 36.8. The molecule has 4 saturated heterocycles. The fourth-order valence-electron chi connectivity index (χ4n) is 18.3. The summed E-state index contributed by atoms with van der Waals surface area (Å²) in [5, 5.41) is 16.9. The molecule has 13 aromatic rings. The first-order chi connectivity index (χ1) is 72.2. The van der Waals surface area contributed by atoms with Crippen molar-refractivity contribution in [1.29, 1.82) is 0 Å². The summed E-state index contributed by atoms with van der Waals surface area (Å²) in [5.41, 5.74) is 11.4. The molecule has 1 amide bonds. The number of rotatable bonds is 56. The molecule has 20 atom stereocenters. The van der Waals surface area contributed by atoms with E-state index in [0.717, 1.165) is 72.3 Å². The lowest BCUT2D eigenvalue weighted by atomic mass is 9.94. The zero-order valence-corrected chi connectivity index (χ0v) is 82.3. The smallest absolute Gasteiger partial charge is 0.407 e. The molecule has 2 N–H and O–H groups in total. The number of alkyl carbamates (subject to hydrolysis) is 1. The van der Waals surface area contributed by atoms with E-state index in [2.05, 4.69) is 5.32 Å². The lowest BCUT2D eigenvalue weighted by Crippen LogP contribution is -2.69. The van der Waals surface area contributed by atoms with Gasteiger partial charge in [-0.05, 0) is 85.2 Å². The Morgan fingerprint density at radius 1 is 0.212 bits per heavy atom. The fraction of sp³-hybridized carbons (Fsp3) is 0.352. The summed E-state index contributed by atoms with van der Waals surface area (Å²) in [4.78, 5) is 13.1. The predicted octanol–water partition coefficient (Wildman–Crippen LogP) is 20.5. The molecule has 13 aromatic carbocycles. The van der Waals surface area contributed by atoms with E-state index < -0.39 is 129 Å². The SMILES string of the molecule is O=C(NCCCCCCO[C@H]1O[C@H](COCc2ccccc2)[C@@H](O[C@@H]2O[C@H](COCc3ccccc3)[C@H](OCc3ccccc3)[C@H](OCc3ccccc3)[C@H]2OCc2ccccc2)[C@H](OCc2ccccc2)[C@@H]1O[C@H]1O[C@H](COCc2ccccc2)[C@@H](OCc2ccccc2)[C@H](OCc2ccccc2)[C@@H]1O[C@H]1O[C@H](COCc2ccccc2)[C@@H](OCc2ccccc2)[C@H](OCc2ccccc2)[C@@H]1O)OCc1ccccc1. The van der Waals surface area contributed by atoms with Crippen LogP contribution < -0.4 is 5.32 Å². The van der Waals surface area contributed by atoms with Crippen LogP contribution in [0.4, 0.5) is 4.79 Å². The molecule has 0 radical (unpaired) electrons. The van der Waals surface area contributed by atoms with Gasteiger partial charge in [-0.1, -0.05) is 407 Å². The molecule has 24 heteroatoms. The molecule has 0 bridgehead atoms. The van der Waals surface area contributed by atoms with E-state index >= 15 is 0 Å². The van der Waals surface area contributed by atoms with Gasteiger partial charge >= 0.3 is 6.09 Å². The van der Waals surface area contributed by atoms with Gasteiger partial charge in [0.25, 0.3) is 0 Å². The molecular formula is C122H133NO23. The van der Waals surface area contributed by atoms with Crippen molar-refractivity contribution in [2.24, 2.45) is 0 Å². The van der Waals surface area contributed by atoms with Gasteiger partial charge in [0.1, 0.15) is 104 Å². The molecule has 17 rings (SSSR count). The Kier molecular flexibility index (Phi) is 42.1. The zero-order chi connectivity index (χ0) is 99.4. The topological polar surface area (TPSA) is 243 Å². The highest BCUT2D eigenvalue weighted by atomic mass is 16.8. The standard InChI is InChI=1S/C122H133NO23/c124-106-111(134-79-96-58-30-10-31-59-96)107(131-76-93-52-24-7-25-53-93)102(85-126-72-89-44-16-3-17-45-89)140-118(106)145-117-113(136-81-98-62-34-12-35-63-98)109(133-78-95-56-28-9-29-57-95)104(87-128-74-91-48-20-5-21-49-91)143-121(117)146-116-114(137-82-99-64-36-13-37-65-99)110(105(88-129-75-92-50-22-6-23-51-92)141-119(116)130-71-43-2-1-42-70-123-122(125)139-84-101-68-40-15-41-69-101)144-120-115(138-83-100-66-38-14-39-67-100)112(135-80-97-60-32-11-33-61-97)108(132-77-94-54-26-8-27-55-94)103(142-120)86-127-73-90-46-18-4-19-47-90/h3-41,44-69,102-121,124H,1-2,42-43,70-88H2,(H,123,125)/t102-,103-,104-,105-,106+,107-,108+,109-,110-,111-,112+,113+,114+,115-,116+,117+,118-,119+,120+,121-/m1/s1. The molecule has 0 aromatic heterocycles. The van der Waals surface area contributed by atoms with Gasteiger partial charge in [-0.25, -0.2) is 4.79 Å². The third kappa shape index (κ3) is 32.6. The zero-order valence-electron chi connectivity index (χ0n) is 82.3. The van der Waals surface area contributed by atoms with Crippen LogP contribution in [0.5, 0.6) is 0 Å². The number of unbranched alkanes of at least 4 members (excludes halogenated alkanes) is 3. The number of aliphatic hydroxyl groups excluding tert-OH is 1. The van der Waals surface area contributed by atoms with E-state index in [9.17, 15) is 9.90 Å². The van der Waals surface area contributed by atoms with Gasteiger partial charge in [-0.2, -0.15) is 0 Å². The molecule has 764 valence electrons. The van der Waals surface area contributed by atoms with Crippen molar-refractivity contribution in [1.82, 2.24) is 5.32 Å². The van der Waals surface area contributed by atoms with Crippen molar-refractivity contribution < 1.29 is 109 Å². The van der Waals surface area contributed by atoms with Crippen LogP contribution in [0.25, 0.3) is 0 Å². The molecule has 4 aliphatic heterocycles. The minimum absolute atomic E-state index is 0.000579. The van der Waals surface area contributed by atoms with E-state index in [0.29, 0.717) is 32.2 Å². The highest BCUT2D eigenvalue weighted by Gasteiger charge is 2.59. The van der Waals surface area contributed by atoms with E-state index in [1.807, 2.05) is 394 Å². The number of hydrogen-bond acceptors (Lipinski definition) is 23. The fourth-order valence-corrected chi connectivity index (χ4v) is 18.3. The number of carbonyl (C=O) groups is 1. The highest BCUT2D eigenvalue weighted by molar-refractivity contribution is 5.67. The second-order valence-electron chi connectivity index (χ2n) is 36.8. The highest BCUT2D eigenvalue weighted by Crippen LogP contribution is 2.42. The Morgan fingerprint density at radius 2 is 0.432 bits per heavy atom. The Morgan fingerprint density at radius 3 is 0.760 bits per heavy atom. The van der Waals surface area contributed by atoms with Crippen LogP contribution in [0.2, 0.25) is 0 Å². The first kappa shape index (κ1) is 106. The molecule has 146 heavy (non-hydrogen) atoms. The maximum Gasteiger partial charge on any atom is 0.407 e. The summed E-state index contributed by atoms with van der Waals surface area (Å²) in [6.07, 6.45) is -22.8. The monoisotopic (exact) mass is 1980 g/mol. The van der Waals surface area contributed by atoms with Crippen LogP contribution in [-0.4, -0.2) is 174 Å². The molecule has 24 nitrogen and oxygen atoms in total. The third-order valence-electron chi connectivity index (χ3n) is 26.0. The number of hydrogen-bond donors (Lipinski definition) is 2. The maximum atomic E-state index is 13.9. The second kappa shape index (κ2) is 58.1. The van der Waals surface area contributed by atoms with Crippen molar-refractivity contribution in [3.63, 3.8) is 0 Å². The van der Waals surface area contributed by atoms with E-state index in [4.69, 9.17) is 99.5 Å².